The van der Waals surface area contributed by atoms with E-state index in [9.17, 15) is 9.59 Å². The van der Waals surface area contributed by atoms with Crippen molar-refractivity contribution in [3.8, 4) is 11.5 Å². The van der Waals surface area contributed by atoms with Crippen molar-refractivity contribution in [1.29, 1.82) is 0 Å². The number of carbonyl (C=O) groups is 2. The lowest BCUT2D eigenvalue weighted by atomic mass is 9.82. The van der Waals surface area contributed by atoms with E-state index in [2.05, 4.69) is 50.8 Å². The van der Waals surface area contributed by atoms with Gasteiger partial charge in [0.25, 0.3) is 0 Å². The second kappa shape index (κ2) is 16.3. The molecule has 0 bridgehead atoms. The summed E-state index contributed by atoms with van der Waals surface area (Å²) in [4.78, 5) is 25.7. The Labute approximate surface area is 272 Å². The molecule has 0 saturated heterocycles. The number of methoxy groups -OCH3 is 1. The second-order valence-electron chi connectivity index (χ2n) is 15.8. The van der Waals surface area contributed by atoms with Gasteiger partial charge in [0.1, 0.15) is 17.1 Å². The summed E-state index contributed by atoms with van der Waals surface area (Å²) in [6, 6.07) is 0. The molecule has 5 atom stereocenters. The van der Waals surface area contributed by atoms with Crippen LogP contribution in [0.25, 0.3) is 0 Å². The van der Waals surface area contributed by atoms with Crippen molar-refractivity contribution >= 4 is 21.2 Å². The number of hydrogen-bond donors (Lipinski definition) is 0. The van der Waals surface area contributed by atoms with Crippen LogP contribution in [0.5, 0.6) is 11.5 Å². The maximum atomic E-state index is 13.4. The molecule has 0 saturated carbocycles. The van der Waals surface area contributed by atoms with Gasteiger partial charge < -0.3 is 14.2 Å². The Morgan fingerprint density at radius 2 is 1.41 bits per heavy atom. The van der Waals surface area contributed by atoms with Gasteiger partial charge in [-0.25, -0.2) is 0 Å². The van der Waals surface area contributed by atoms with Gasteiger partial charge in [0.15, 0.2) is 0 Å². The maximum absolute atomic E-state index is 13.4. The van der Waals surface area contributed by atoms with E-state index in [1.807, 2.05) is 13.8 Å². The van der Waals surface area contributed by atoms with Crippen LogP contribution in [0.1, 0.15) is 148 Å². The Morgan fingerprint density at radius 3 is 1.95 bits per heavy atom. The smallest absolute Gasteiger partial charge is 0.321 e. The van der Waals surface area contributed by atoms with Gasteiger partial charge in [0.05, 0.1) is 17.7 Å². The van der Waals surface area contributed by atoms with Crippen LogP contribution in [-0.2, 0) is 20.7 Å². The molecule has 0 aliphatic carbocycles. The van der Waals surface area contributed by atoms with Crippen LogP contribution in [0.4, 0.5) is 0 Å². The third kappa shape index (κ3) is 10.7. The van der Waals surface area contributed by atoms with Crippen LogP contribution in [-0.4, -0.2) is 29.8 Å². The molecule has 3 unspecified atom stereocenters. The summed E-state index contributed by atoms with van der Waals surface area (Å²) in [5, 5.41) is -0.946. The molecule has 0 radical (unpaired) electrons. The zero-order valence-corrected chi connectivity index (χ0v) is 31.5. The van der Waals surface area contributed by atoms with Crippen LogP contribution in [0.2, 0.25) is 0 Å². The SMILES string of the molecule is COC(=O)C(C)(C)CC(C)(P)C(=O)Oc1c(C)c(C)c2c(c1C)CC[C@](C)(CCCC(C)CCC[C@H](C)CCCC(C)C)O2. The zero-order valence-electron chi connectivity index (χ0n) is 30.3. The zero-order chi connectivity index (χ0) is 33.5. The molecule has 5 nitrogen and oxygen atoms in total. The second-order valence-corrected chi connectivity index (χ2v) is 17.1. The molecule has 0 aromatic heterocycles. The van der Waals surface area contributed by atoms with Crippen LogP contribution in [0.15, 0.2) is 0 Å². The van der Waals surface area contributed by atoms with Gasteiger partial charge in [-0.2, -0.15) is 0 Å². The molecule has 1 aromatic carbocycles. The van der Waals surface area contributed by atoms with E-state index in [0.29, 0.717) is 5.75 Å². The summed E-state index contributed by atoms with van der Waals surface area (Å²) in [6.45, 7) is 23.2. The van der Waals surface area contributed by atoms with Crippen LogP contribution < -0.4 is 9.47 Å². The summed E-state index contributed by atoms with van der Waals surface area (Å²) >= 11 is 0. The molecule has 0 spiro atoms. The van der Waals surface area contributed by atoms with E-state index in [-0.39, 0.29) is 24.0 Å². The lowest BCUT2D eigenvalue weighted by Crippen LogP contribution is -2.41. The highest BCUT2D eigenvalue weighted by atomic mass is 31.0. The fourth-order valence-electron chi connectivity index (χ4n) is 6.96. The molecule has 6 heteroatoms. The Balaban J connectivity index is 1.99. The number of esters is 2. The van der Waals surface area contributed by atoms with Gasteiger partial charge in [-0.3, -0.25) is 9.59 Å². The Bertz CT molecular complexity index is 1120. The molecular weight excluding hydrogens is 567 g/mol. The van der Waals surface area contributed by atoms with Gasteiger partial charge in [-0.15, -0.1) is 9.24 Å². The average molecular weight is 633 g/mol. The molecule has 0 fully saturated rings. The highest BCUT2D eigenvalue weighted by Crippen LogP contribution is 2.46. The fraction of sp³-hybridized carbons (Fsp3) is 0.789. The molecule has 0 N–H and O–H groups in total. The van der Waals surface area contributed by atoms with Gasteiger partial charge in [-0.05, 0) is 115 Å². The van der Waals surface area contributed by atoms with E-state index in [4.69, 9.17) is 14.2 Å². The number of rotatable bonds is 17. The largest absolute Gasteiger partial charge is 0.487 e. The molecule has 1 aliphatic rings. The summed E-state index contributed by atoms with van der Waals surface area (Å²) in [7, 11) is 3.97. The van der Waals surface area contributed by atoms with Crippen molar-refractivity contribution in [2.75, 3.05) is 7.11 Å². The van der Waals surface area contributed by atoms with Gasteiger partial charge in [-0.1, -0.05) is 72.6 Å². The normalized spacial score (nSPS) is 19.5. The number of ether oxygens (including phenoxy) is 3. The van der Waals surface area contributed by atoms with Crippen LogP contribution in [0.3, 0.4) is 0 Å². The first-order valence-corrected chi connectivity index (χ1v) is 17.8. The molecular formula is C38H65O5P. The number of fused-ring (bicyclic) bond motifs is 1. The van der Waals surface area contributed by atoms with Crippen LogP contribution >= 0.6 is 9.24 Å². The molecule has 44 heavy (non-hydrogen) atoms. The topological polar surface area (TPSA) is 61.8 Å². The summed E-state index contributed by atoms with van der Waals surface area (Å²) in [6.07, 6.45) is 13.7. The first kappa shape index (κ1) is 38.6. The third-order valence-electron chi connectivity index (χ3n) is 10.0. The molecule has 0 amide bonds. The fourth-order valence-corrected chi connectivity index (χ4v) is 7.53. The van der Waals surface area contributed by atoms with E-state index in [1.165, 1.54) is 58.5 Å². The minimum Gasteiger partial charge on any atom is -0.487 e. The Morgan fingerprint density at radius 1 is 0.864 bits per heavy atom. The van der Waals surface area contributed by atoms with E-state index >= 15 is 0 Å². The minimum absolute atomic E-state index is 0.183. The monoisotopic (exact) mass is 632 g/mol. The van der Waals surface area contributed by atoms with E-state index in [1.54, 1.807) is 20.8 Å². The van der Waals surface area contributed by atoms with Crippen molar-refractivity contribution in [1.82, 2.24) is 0 Å². The van der Waals surface area contributed by atoms with Gasteiger partial charge in [0, 0.05) is 5.56 Å². The third-order valence-corrected chi connectivity index (χ3v) is 10.5. The highest BCUT2D eigenvalue weighted by molar-refractivity contribution is 7.20. The highest BCUT2D eigenvalue weighted by Gasteiger charge is 2.42. The predicted octanol–water partition coefficient (Wildman–Crippen LogP) is 10.3. The van der Waals surface area contributed by atoms with Crippen molar-refractivity contribution < 1.29 is 23.8 Å². The Kier molecular flexibility index (Phi) is 14.3. The average Bonchev–Trinajstić information content (AvgIpc) is 2.92. The van der Waals surface area contributed by atoms with E-state index in [0.717, 1.165) is 65.0 Å². The molecule has 2 rings (SSSR count). The molecule has 1 heterocycles. The van der Waals surface area contributed by atoms with Crippen molar-refractivity contribution in [2.45, 2.75) is 164 Å². The summed E-state index contributed by atoms with van der Waals surface area (Å²) in [5.74, 6) is 3.28. The first-order valence-electron chi connectivity index (χ1n) is 17.2. The number of hydrogen-bond acceptors (Lipinski definition) is 5. The Hall–Kier alpha value is -1.61. The maximum Gasteiger partial charge on any atom is 0.321 e. The van der Waals surface area contributed by atoms with Gasteiger partial charge >= 0.3 is 11.9 Å². The lowest BCUT2D eigenvalue weighted by Gasteiger charge is -2.38. The standard InChI is InChI=1S/C38H65O5P/c1-25(2)16-13-17-26(3)18-14-19-27(4)20-15-22-37(10)23-21-31-30(7)32(28(5)29(6)33(31)43-37)42-35(40)38(11,44)24-36(8,9)34(39)41-12/h25-27H,13-24,44H2,1-12H3/t26-,27?,37+,38?/m1/s1. The van der Waals surface area contributed by atoms with Crippen molar-refractivity contribution in [2.24, 2.45) is 23.2 Å². The van der Waals surface area contributed by atoms with E-state index < -0.39 is 10.6 Å². The summed E-state index contributed by atoms with van der Waals surface area (Å²) < 4.78 is 17.8. The molecule has 252 valence electrons. The quantitative estimate of drug-likeness (QED) is 0.0971. The number of benzene rings is 1. The van der Waals surface area contributed by atoms with Crippen LogP contribution in [0, 0.1) is 43.9 Å². The lowest BCUT2D eigenvalue weighted by molar-refractivity contribution is -0.152. The molecule has 1 aromatic rings. The summed E-state index contributed by atoms with van der Waals surface area (Å²) in [5.41, 5.74) is 3.08. The minimum atomic E-state index is -0.946. The first-order chi connectivity index (χ1) is 20.3. The predicted molar refractivity (Wildman–Crippen MR) is 187 cm³/mol. The van der Waals surface area contributed by atoms with Gasteiger partial charge in [0.2, 0.25) is 0 Å². The van der Waals surface area contributed by atoms with Crippen molar-refractivity contribution in [3.63, 3.8) is 0 Å². The van der Waals surface area contributed by atoms with Crippen molar-refractivity contribution in [3.05, 3.63) is 22.3 Å². The molecule has 1 aliphatic heterocycles. The number of carbonyl (C=O) groups excluding carboxylic acids is 2.